The van der Waals surface area contributed by atoms with Gasteiger partial charge in [0.25, 0.3) is 0 Å². The molecular formula is C7H11NO2. The van der Waals surface area contributed by atoms with Crippen molar-refractivity contribution in [2.75, 3.05) is 6.54 Å². The minimum atomic E-state index is -0.512. The zero-order chi connectivity index (χ0) is 7.98. The van der Waals surface area contributed by atoms with Crippen molar-refractivity contribution in [3.63, 3.8) is 0 Å². The van der Waals surface area contributed by atoms with Crippen molar-refractivity contribution in [3.8, 4) is 12.3 Å². The zero-order valence-corrected chi connectivity index (χ0v) is 5.92. The van der Waals surface area contributed by atoms with E-state index in [0.29, 0.717) is 0 Å². The highest BCUT2D eigenvalue weighted by molar-refractivity contribution is 5.78. The molecule has 1 amide bonds. The number of hydrogen-bond acceptors (Lipinski definition) is 2. The Morgan fingerprint density at radius 1 is 1.90 bits per heavy atom. The third kappa shape index (κ3) is 5.13. The van der Waals surface area contributed by atoms with Crippen molar-refractivity contribution in [1.29, 1.82) is 0 Å². The molecule has 10 heavy (non-hydrogen) atoms. The molecule has 0 aliphatic carbocycles. The van der Waals surface area contributed by atoms with Gasteiger partial charge in [0.2, 0.25) is 5.91 Å². The van der Waals surface area contributed by atoms with E-state index in [9.17, 15) is 4.79 Å². The lowest BCUT2D eigenvalue weighted by Crippen LogP contribution is -2.29. The summed E-state index contributed by atoms with van der Waals surface area (Å²) < 4.78 is 0. The summed E-state index contributed by atoms with van der Waals surface area (Å²) in [7, 11) is 0. The fourth-order valence-corrected chi connectivity index (χ4v) is 0.417. The molecular weight excluding hydrogens is 130 g/mol. The van der Waals surface area contributed by atoms with Gasteiger partial charge in [-0.2, -0.15) is 0 Å². The Morgan fingerprint density at radius 2 is 2.50 bits per heavy atom. The van der Waals surface area contributed by atoms with Crippen LogP contribution in [0.25, 0.3) is 0 Å². The lowest BCUT2D eigenvalue weighted by molar-refractivity contribution is -0.120. The van der Waals surface area contributed by atoms with Gasteiger partial charge in [0.15, 0.2) is 0 Å². The number of amides is 1. The molecule has 0 aliphatic rings. The van der Waals surface area contributed by atoms with E-state index in [1.54, 1.807) is 6.92 Å². The number of carbonyl (C=O) groups is 1. The molecule has 1 atom stereocenters. The molecule has 0 fully saturated rings. The number of nitrogens with one attached hydrogen (secondary N) is 1. The Hall–Kier alpha value is -1.01. The molecule has 0 saturated heterocycles. The van der Waals surface area contributed by atoms with Crippen molar-refractivity contribution in [1.82, 2.24) is 5.32 Å². The van der Waals surface area contributed by atoms with E-state index >= 15 is 0 Å². The second-order valence-corrected chi connectivity index (χ2v) is 2.03. The van der Waals surface area contributed by atoms with Gasteiger partial charge in [-0.3, -0.25) is 4.79 Å². The predicted octanol–water partition coefficient (Wildman–Crippen LogP) is -0.493. The van der Waals surface area contributed by atoms with Crippen LogP contribution < -0.4 is 5.32 Å². The van der Waals surface area contributed by atoms with Gasteiger partial charge < -0.3 is 10.4 Å². The van der Waals surface area contributed by atoms with E-state index in [1.807, 2.05) is 0 Å². The van der Waals surface area contributed by atoms with Crippen molar-refractivity contribution >= 4 is 5.91 Å². The van der Waals surface area contributed by atoms with Crippen molar-refractivity contribution in [3.05, 3.63) is 0 Å². The van der Waals surface area contributed by atoms with Gasteiger partial charge in [-0.05, 0) is 6.92 Å². The summed E-state index contributed by atoms with van der Waals surface area (Å²) in [5, 5.41) is 11.2. The molecule has 56 valence electrons. The summed E-state index contributed by atoms with van der Waals surface area (Å²) >= 11 is 0. The largest absolute Gasteiger partial charge is 0.392 e. The van der Waals surface area contributed by atoms with Crippen LogP contribution in [0.5, 0.6) is 0 Å². The van der Waals surface area contributed by atoms with Crippen molar-refractivity contribution in [2.45, 2.75) is 19.4 Å². The summed E-state index contributed by atoms with van der Waals surface area (Å²) in [6.07, 6.45) is 4.43. The van der Waals surface area contributed by atoms with Gasteiger partial charge in [0.1, 0.15) is 0 Å². The second kappa shape index (κ2) is 4.83. The first-order valence-corrected chi connectivity index (χ1v) is 3.05. The van der Waals surface area contributed by atoms with Crippen LogP contribution in [-0.4, -0.2) is 23.7 Å². The number of hydrogen-bond donors (Lipinski definition) is 2. The summed E-state index contributed by atoms with van der Waals surface area (Å²) in [6.45, 7) is 1.86. The first-order valence-electron chi connectivity index (χ1n) is 3.05. The monoisotopic (exact) mass is 141 g/mol. The summed E-state index contributed by atoms with van der Waals surface area (Å²) in [4.78, 5) is 10.6. The average molecular weight is 141 g/mol. The third-order valence-corrected chi connectivity index (χ3v) is 0.857. The quantitative estimate of drug-likeness (QED) is 0.521. The lowest BCUT2D eigenvalue weighted by atomic mass is 10.3. The number of carbonyl (C=O) groups excluding carboxylic acids is 1. The van der Waals surface area contributed by atoms with Crippen molar-refractivity contribution < 1.29 is 9.90 Å². The van der Waals surface area contributed by atoms with E-state index in [2.05, 4.69) is 11.2 Å². The van der Waals surface area contributed by atoms with Gasteiger partial charge in [-0.15, -0.1) is 6.42 Å². The van der Waals surface area contributed by atoms with Crippen molar-refractivity contribution in [2.24, 2.45) is 0 Å². The minimum Gasteiger partial charge on any atom is -0.392 e. The Morgan fingerprint density at radius 3 is 2.90 bits per heavy atom. The van der Waals surface area contributed by atoms with E-state index in [1.165, 1.54) is 0 Å². The van der Waals surface area contributed by atoms with Gasteiger partial charge in [-0.25, -0.2) is 0 Å². The number of aliphatic hydroxyl groups excluding tert-OH is 1. The topological polar surface area (TPSA) is 49.3 Å². The number of rotatable bonds is 3. The first-order chi connectivity index (χ1) is 4.66. The van der Waals surface area contributed by atoms with E-state index in [-0.39, 0.29) is 18.9 Å². The Balaban J connectivity index is 3.33. The summed E-state index contributed by atoms with van der Waals surface area (Å²) in [6, 6.07) is 0. The molecule has 3 heteroatoms. The molecule has 0 radical (unpaired) electrons. The number of terminal acetylenes is 1. The van der Waals surface area contributed by atoms with E-state index in [0.717, 1.165) is 0 Å². The minimum absolute atomic E-state index is 0.0761. The van der Waals surface area contributed by atoms with Crippen LogP contribution in [0.1, 0.15) is 13.3 Å². The molecule has 2 N–H and O–H groups in total. The second-order valence-electron chi connectivity index (χ2n) is 2.03. The maximum Gasteiger partial charge on any atom is 0.232 e. The number of aliphatic hydroxyl groups is 1. The fourth-order valence-electron chi connectivity index (χ4n) is 0.417. The first kappa shape index (κ1) is 8.99. The van der Waals surface area contributed by atoms with E-state index in [4.69, 9.17) is 11.5 Å². The highest BCUT2D eigenvalue weighted by atomic mass is 16.3. The molecule has 0 aliphatic heterocycles. The molecule has 0 aromatic heterocycles. The van der Waals surface area contributed by atoms with Crippen LogP contribution in [0.3, 0.4) is 0 Å². The summed E-state index contributed by atoms with van der Waals surface area (Å²) in [5.74, 6) is 1.98. The van der Waals surface area contributed by atoms with Gasteiger partial charge in [0, 0.05) is 6.54 Å². The molecule has 0 aromatic carbocycles. The fraction of sp³-hybridized carbons (Fsp3) is 0.571. The maximum absolute atomic E-state index is 10.6. The van der Waals surface area contributed by atoms with E-state index < -0.39 is 6.10 Å². The Kier molecular flexibility index (Phi) is 4.34. The molecule has 0 bridgehead atoms. The third-order valence-electron chi connectivity index (χ3n) is 0.857. The smallest absolute Gasteiger partial charge is 0.232 e. The average Bonchev–Trinajstić information content (AvgIpc) is 1.85. The van der Waals surface area contributed by atoms with Crippen LogP contribution >= 0.6 is 0 Å². The van der Waals surface area contributed by atoms with Crippen LogP contribution in [0.15, 0.2) is 0 Å². The molecule has 0 aromatic rings. The normalized spacial score (nSPS) is 11.7. The van der Waals surface area contributed by atoms with Crippen LogP contribution in [0.2, 0.25) is 0 Å². The maximum atomic E-state index is 10.6. The Labute approximate surface area is 60.4 Å². The van der Waals surface area contributed by atoms with Crippen LogP contribution in [0.4, 0.5) is 0 Å². The van der Waals surface area contributed by atoms with Gasteiger partial charge in [0.05, 0.1) is 12.5 Å². The standard InChI is InChI=1S/C7H11NO2/c1-3-4-7(10)8-5-6(2)9/h1,6,9H,4-5H2,2H3,(H,8,10)/t6-/m0/s1. The molecule has 3 nitrogen and oxygen atoms in total. The van der Waals surface area contributed by atoms with Gasteiger partial charge in [-0.1, -0.05) is 5.92 Å². The Bertz CT molecular complexity index is 146. The SMILES string of the molecule is C#CCC(=O)NC[C@H](C)O. The molecule has 0 rings (SSSR count). The molecule has 0 heterocycles. The highest BCUT2D eigenvalue weighted by Crippen LogP contribution is 1.78. The van der Waals surface area contributed by atoms with Crippen LogP contribution in [-0.2, 0) is 4.79 Å². The molecule has 0 saturated carbocycles. The summed E-state index contributed by atoms with van der Waals surface area (Å²) in [5.41, 5.74) is 0. The zero-order valence-electron chi connectivity index (χ0n) is 5.92. The van der Waals surface area contributed by atoms with Gasteiger partial charge >= 0.3 is 0 Å². The molecule has 0 unspecified atom stereocenters. The predicted molar refractivity (Wildman–Crippen MR) is 38.1 cm³/mol. The molecule has 0 spiro atoms. The highest BCUT2D eigenvalue weighted by Gasteiger charge is 1.98. The van der Waals surface area contributed by atoms with Crippen LogP contribution in [0, 0.1) is 12.3 Å². The lowest BCUT2D eigenvalue weighted by Gasteiger charge is -2.03.